The number of benzene rings is 1. The lowest BCUT2D eigenvalue weighted by molar-refractivity contribution is 0.0663. The van der Waals surface area contributed by atoms with Crippen molar-refractivity contribution in [2.24, 2.45) is 4.99 Å². The molecule has 30 heavy (non-hydrogen) atoms. The topological polar surface area (TPSA) is 47.9 Å². The third-order valence-electron chi connectivity index (χ3n) is 7.04. The minimum Gasteiger partial charge on any atom is -0.308 e. The van der Waals surface area contributed by atoms with Gasteiger partial charge in [-0.05, 0) is 45.1 Å². The van der Waals surface area contributed by atoms with E-state index in [9.17, 15) is 4.79 Å². The Morgan fingerprint density at radius 1 is 1.23 bits per heavy atom. The lowest BCUT2D eigenvalue weighted by atomic mass is 9.81. The fraction of sp³-hybridized carbons (Fsp3) is 0.600. The molecule has 1 aromatic carbocycles. The normalized spacial score (nSPS) is 29.5. The van der Waals surface area contributed by atoms with Gasteiger partial charge in [0, 0.05) is 25.7 Å². The van der Waals surface area contributed by atoms with Crippen molar-refractivity contribution < 1.29 is 4.79 Å². The van der Waals surface area contributed by atoms with Crippen LogP contribution in [0.1, 0.15) is 64.4 Å². The number of amides is 2. The van der Waals surface area contributed by atoms with Crippen molar-refractivity contribution in [2.75, 3.05) is 13.1 Å². The van der Waals surface area contributed by atoms with Crippen molar-refractivity contribution in [2.45, 2.75) is 83.0 Å². The van der Waals surface area contributed by atoms with E-state index in [0.717, 1.165) is 50.2 Å². The molecule has 162 valence electrons. The van der Waals surface area contributed by atoms with Crippen LogP contribution in [-0.2, 0) is 6.54 Å². The summed E-state index contributed by atoms with van der Waals surface area (Å²) >= 11 is 0. The largest absolute Gasteiger partial charge is 0.323 e. The quantitative estimate of drug-likeness (QED) is 0.715. The Bertz CT molecular complexity index is 799. The molecule has 0 radical (unpaired) electrons. The van der Waals surface area contributed by atoms with Crippen molar-refractivity contribution in [3.63, 3.8) is 0 Å². The van der Waals surface area contributed by atoms with Gasteiger partial charge in [-0.1, -0.05) is 61.7 Å². The van der Waals surface area contributed by atoms with Gasteiger partial charge in [-0.15, -0.1) is 0 Å². The Labute approximate surface area is 181 Å². The maximum Gasteiger partial charge on any atom is 0.323 e. The second-order valence-corrected chi connectivity index (χ2v) is 9.53. The molecule has 0 aromatic heterocycles. The molecule has 2 heterocycles. The van der Waals surface area contributed by atoms with E-state index in [1.807, 2.05) is 11.8 Å². The van der Waals surface area contributed by atoms with Crippen LogP contribution < -0.4 is 5.32 Å². The summed E-state index contributed by atoms with van der Waals surface area (Å²) in [5.74, 6) is 0.923. The standard InChI is InChI=1S/C25H36N4O/c1-19(2)17-29-24(30)27-23(26-22-12-8-5-9-13-22)25(29)14-15-28(20(3)16-25)18-21-10-6-4-7-11-21/h4,6-7,10-11,20,22H,1,5,8-9,12-18H2,2-3H3,(H,26,27,30)/t20-,25+/m1/s1. The second kappa shape index (κ2) is 8.93. The molecule has 3 fully saturated rings. The second-order valence-electron chi connectivity index (χ2n) is 9.53. The molecule has 1 saturated carbocycles. The molecule has 1 aliphatic carbocycles. The van der Waals surface area contributed by atoms with Crippen molar-refractivity contribution in [1.82, 2.24) is 15.1 Å². The number of carbonyl (C=O) groups is 1. The third-order valence-corrected chi connectivity index (χ3v) is 7.04. The number of piperidine rings is 1. The highest BCUT2D eigenvalue weighted by Gasteiger charge is 2.53. The minimum atomic E-state index is -0.319. The minimum absolute atomic E-state index is 0.00345. The molecule has 1 N–H and O–H groups in total. The van der Waals surface area contributed by atoms with Crippen molar-refractivity contribution >= 4 is 11.9 Å². The molecule has 2 amide bonds. The Morgan fingerprint density at radius 2 is 1.97 bits per heavy atom. The van der Waals surface area contributed by atoms with Gasteiger partial charge in [-0.2, -0.15) is 0 Å². The predicted octanol–water partition coefficient (Wildman–Crippen LogP) is 4.74. The highest BCUT2D eigenvalue weighted by Crippen LogP contribution is 2.38. The molecule has 1 spiro atoms. The fourth-order valence-corrected chi connectivity index (χ4v) is 5.43. The zero-order valence-electron chi connectivity index (χ0n) is 18.6. The molecule has 4 rings (SSSR count). The maximum absolute atomic E-state index is 13.0. The molecule has 5 heteroatoms. The van der Waals surface area contributed by atoms with E-state index in [2.05, 4.69) is 54.1 Å². The first-order chi connectivity index (χ1) is 14.5. The molecule has 5 nitrogen and oxygen atoms in total. The number of hydrogen-bond acceptors (Lipinski definition) is 3. The molecule has 0 bridgehead atoms. The van der Waals surface area contributed by atoms with Crippen LogP contribution >= 0.6 is 0 Å². The predicted molar refractivity (Wildman–Crippen MR) is 123 cm³/mol. The summed E-state index contributed by atoms with van der Waals surface area (Å²) < 4.78 is 0. The SMILES string of the molecule is C=C(C)CN1C(=O)NC(=NC2CCCCC2)[C@@]12CCN(Cc1ccccc1)[C@H](C)C2. The number of nitrogens with one attached hydrogen (secondary N) is 1. The van der Waals surface area contributed by atoms with Crippen LogP contribution in [0.15, 0.2) is 47.5 Å². The first-order valence-electron chi connectivity index (χ1n) is 11.6. The van der Waals surface area contributed by atoms with E-state index in [4.69, 9.17) is 4.99 Å². The van der Waals surface area contributed by atoms with Crippen LogP contribution in [0.25, 0.3) is 0 Å². The molecule has 1 aromatic rings. The van der Waals surface area contributed by atoms with Crippen LogP contribution in [0.3, 0.4) is 0 Å². The molecule has 2 aliphatic heterocycles. The molecule has 0 unspecified atom stereocenters. The summed E-state index contributed by atoms with van der Waals surface area (Å²) in [6, 6.07) is 11.4. The molecule has 2 atom stereocenters. The number of aliphatic imine (C=N–C) groups is 1. The number of nitrogens with zero attached hydrogens (tertiary/aromatic N) is 3. The van der Waals surface area contributed by atoms with Gasteiger partial charge < -0.3 is 4.90 Å². The van der Waals surface area contributed by atoms with Gasteiger partial charge in [0.15, 0.2) is 0 Å². The van der Waals surface area contributed by atoms with Crippen molar-refractivity contribution in [3.8, 4) is 0 Å². The van der Waals surface area contributed by atoms with E-state index in [0.29, 0.717) is 18.6 Å². The Kier molecular flexibility index (Phi) is 6.28. The molecular formula is C25H36N4O. The fourth-order valence-electron chi connectivity index (χ4n) is 5.43. The average Bonchev–Trinajstić information content (AvgIpc) is 2.96. The van der Waals surface area contributed by atoms with Gasteiger partial charge in [-0.25, -0.2) is 4.79 Å². The molecular weight excluding hydrogens is 372 g/mol. The van der Waals surface area contributed by atoms with E-state index in [1.165, 1.54) is 24.8 Å². The van der Waals surface area contributed by atoms with Crippen molar-refractivity contribution in [3.05, 3.63) is 48.0 Å². The first-order valence-corrected chi connectivity index (χ1v) is 11.6. The Morgan fingerprint density at radius 3 is 2.63 bits per heavy atom. The number of amidine groups is 1. The number of hydrogen-bond donors (Lipinski definition) is 1. The van der Waals surface area contributed by atoms with E-state index >= 15 is 0 Å². The summed E-state index contributed by atoms with van der Waals surface area (Å²) in [7, 11) is 0. The highest BCUT2D eigenvalue weighted by molar-refractivity contribution is 6.10. The number of carbonyl (C=O) groups excluding carboxylic acids is 1. The van der Waals surface area contributed by atoms with Gasteiger partial charge in [-0.3, -0.25) is 15.2 Å². The van der Waals surface area contributed by atoms with Crippen LogP contribution in [0.5, 0.6) is 0 Å². The van der Waals surface area contributed by atoms with Gasteiger partial charge in [0.2, 0.25) is 0 Å². The number of urea groups is 1. The summed E-state index contributed by atoms with van der Waals surface area (Å²) in [4.78, 5) is 22.7. The zero-order valence-corrected chi connectivity index (χ0v) is 18.6. The van der Waals surface area contributed by atoms with E-state index < -0.39 is 0 Å². The summed E-state index contributed by atoms with van der Waals surface area (Å²) in [5.41, 5.74) is 2.04. The van der Waals surface area contributed by atoms with Crippen molar-refractivity contribution in [1.29, 1.82) is 0 Å². The van der Waals surface area contributed by atoms with Crippen LogP contribution in [0, 0.1) is 0 Å². The number of rotatable bonds is 5. The van der Waals surface area contributed by atoms with E-state index in [-0.39, 0.29) is 11.6 Å². The summed E-state index contributed by atoms with van der Waals surface area (Å²) in [5, 5.41) is 3.18. The van der Waals surface area contributed by atoms with Gasteiger partial charge >= 0.3 is 6.03 Å². The smallest absolute Gasteiger partial charge is 0.308 e. The Hall–Kier alpha value is -2.14. The van der Waals surface area contributed by atoms with Gasteiger partial charge in [0.05, 0.1) is 6.04 Å². The highest BCUT2D eigenvalue weighted by atomic mass is 16.2. The average molecular weight is 409 g/mol. The van der Waals surface area contributed by atoms with Crippen LogP contribution in [0.2, 0.25) is 0 Å². The lowest BCUT2D eigenvalue weighted by Gasteiger charge is -2.47. The van der Waals surface area contributed by atoms with Gasteiger partial charge in [0.1, 0.15) is 11.4 Å². The summed E-state index contributed by atoms with van der Waals surface area (Å²) in [6.45, 7) is 10.9. The van der Waals surface area contributed by atoms with Crippen LogP contribution in [0.4, 0.5) is 4.79 Å². The molecule has 3 aliphatic rings. The first kappa shape index (κ1) is 21.1. The number of likely N-dealkylation sites (tertiary alicyclic amines) is 1. The van der Waals surface area contributed by atoms with Crippen LogP contribution in [-0.4, -0.2) is 52.4 Å². The van der Waals surface area contributed by atoms with Gasteiger partial charge in [0.25, 0.3) is 0 Å². The zero-order chi connectivity index (χ0) is 21.1. The van der Waals surface area contributed by atoms with E-state index in [1.54, 1.807) is 0 Å². The lowest BCUT2D eigenvalue weighted by Crippen LogP contribution is -2.59. The third kappa shape index (κ3) is 4.31. The maximum atomic E-state index is 13.0. The Balaban J connectivity index is 1.58. The summed E-state index contributed by atoms with van der Waals surface area (Å²) in [6.07, 6.45) is 7.93. The molecule has 2 saturated heterocycles. The monoisotopic (exact) mass is 408 g/mol.